The van der Waals surface area contributed by atoms with E-state index in [9.17, 15) is 4.79 Å². The molecule has 0 aliphatic rings. The lowest BCUT2D eigenvalue weighted by atomic mass is 10.1. The lowest BCUT2D eigenvalue weighted by Gasteiger charge is -1.98. The zero-order chi connectivity index (χ0) is 8.36. The molecule has 0 bridgehead atoms. The molecule has 0 radical (unpaired) electrons. The highest BCUT2D eigenvalue weighted by Crippen LogP contribution is 2.00. The number of carbonyl (C=O) groups excluding carboxylic acids is 1. The Bertz CT molecular complexity index is 86.2. The van der Waals surface area contributed by atoms with Crippen LogP contribution in [0.25, 0.3) is 0 Å². The van der Waals surface area contributed by atoms with Gasteiger partial charge in [-0.05, 0) is 19.4 Å². The quantitative estimate of drug-likeness (QED) is 0.402. The molecule has 0 aromatic heterocycles. The van der Waals surface area contributed by atoms with E-state index in [2.05, 4.69) is 5.32 Å². The number of unbranched alkanes of at least 4 members (excludes halogenated alkanes) is 4. The summed E-state index contributed by atoms with van der Waals surface area (Å²) in [4.78, 5) is 9.81. The summed E-state index contributed by atoms with van der Waals surface area (Å²) in [5, 5.41) is 2.63. The van der Waals surface area contributed by atoms with E-state index in [1.54, 1.807) is 0 Å². The normalized spacial score (nSPS) is 9.55. The third-order valence-corrected chi connectivity index (χ3v) is 1.61. The summed E-state index contributed by atoms with van der Waals surface area (Å²) in [5.41, 5.74) is 5.33. The summed E-state index contributed by atoms with van der Waals surface area (Å²) in [7, 11) is 0. The molecule has 0 rings (SSSR count). The number of hydrogen-bond acceptors (Lipinski definition) is 2. The summed E-state index contributed by atoms with van der Waals surface area (Å²) in [6, 6.07) is 0. The molecule has 0 aromatic carbocycles. The van der Waals surface area contributed by atoms with Crippen LogP contribution in [0.4, 0.5) is 0 Å². The van der Waals surface area contributed by atoms with Crippen molar-refractivity contribution in [3.63, 3.8) is 0 Å². The lowest BCUT2D eigenvalue weighted by Crippen LogP contribution is -2.11. The average Bonchev–Trinajstić information content (AvgIpc) is 2.03. The largest absolute Gasteiger partial charge is 0.359 e. The van der Waals surface area contributed by atoms with Crippen LogP contribution in [0.3, 0.4) is 0 Å². The van der Waals surface area contributed by atoms with Crippen molar-refractivity contribution in [2.45, 2.75) is 32.1 Å². The van der Waals surface area contributed by atoms with Gasteiger partial charge in [0, 0.05) is 6.54 Å². The molecule has 3 N–H and O–H groups in total. The number of nitrogens with one attached hydrogen (secondary N) is 1. The second-order valence-corrected chi connectivity index (χ2v) is 2.63. The minimum atomic E-state index is 0.750. The maximum absolute atomic E-state index is 9.81. The predicted molar refractivity (Wildman–Crippen MR) is 46.2 cm³/mol. The fourth-order valence-electron chi connectivity index (χ4n) is 0.961. The number of rotatable bonds is 8. The van der Waals surface area contributed by atoms with Gasteiger partial charge in [0.1, 0.15) is 0 Å². The van der Waals surface area contributed by atoms with Crippen LogP contribution in [0.2, 0.25) is 0 Å². The highest BCUT2D eigenvalue weighted by molar-refractivity contribution is 5.45. The van der Waals surface area contributed by atoms with E-state index in [0.29, 0.717) is 0 Å². The van der Waals surface area contributed by atoms with E-state index in [0.717, 1.165) is 32.3 Å². The summed E-state index contributed by atoms with van der Waals surface area (Å²) in [5.74, 6) is 0. The van der Waals surface area contributed by atoms with Gasteiger partial charge in [0.15, 0.2) is 0 Å². The van der Waals surface area contributed by atoms with E-state index in [1.807, 2.05) is 0 Å². The van der Waals surface area contributed by atoms with Crippen LogP contribution >= 0.6 is 0 Å². The first-order chi connectivity index (χ1) is 5.41. The van der Waals surface area contributed by atoms with Crippen LogP contribution in [-0.4, -0.2) is 19.5 Å². The molecule has 0 saturated carbocycles. The van der Waals surface area contributed by atoms with E-state index >= 15 is 0 Å². The number of nitrogens with two attached hydrogens (primary N) is 1. The Morgan fingerprint density at radius 1 is 1.09 bits per heavy atom. The Morgan fingerprint density at radius 3 is 2.36 bits per heavy atom. The minimum Gasteiger partial charge on any atom is -0.359 e. The number of hydrogen-bond donors (Lipinski definition) is 2. The van der Waals surface area contributed by atoms with Crippen LogP contribution < -0.4 is 11.1 Å². The standard InChI is InChI=1S/C8H18N2O/c9-6-4-2-1-3-5-7-10-8-11/h8H,1-7,9H2,(H,10,11). The van der Waals surface area contributed by atoms with Crippen molar-refractivity contribution in [3.05, 3.63) is 0 Å². The zero-order valence-corrected chi connectivity index (χ0v) is 7.01. The summed E-state index contributed by atoms with van der Waals surface area (Å²) in [6.45, 7) is 1.61. The van der Waals surface area contributed by atoms with Gasteiger partial charge in [-0.1, -0.05) is 19.3 Å². The third kappa shape index (κ3) is 9.43. The first-order valence-corrected chi connectivity index (χ1v) is 4.29. The van der Waals surface area contributed by atoms with Crippen molar-refractivity contribution in [1.82, 2.24) is 5.32 Å². The van der Waals surface area contributed by atoms with Crippen molar-refractivity contribution < 1.29 is 4.79 Å². The molecule has 0 saturated heterocycles. The van der Waals surface area contributed by atoms with Gasteiger partial charge in [-0.2, -0.15) is 0 Å². The van der Waals surface area contributed by atoms with Crippen LogP contribution in [0.15, 0.2) is 0 Å². The molecule has 0 atom stereocenters. The monoisotopic (exact) mass is 158 g/mol. The Labute approximate surface area is 68.3 Å². The molecule has 0 aromatic rings. The molecule has 11 heavy (non-hydrogen) atoms. The van der Waals surface area contributed by atoms with Gasteiger partial charge in [-0.15, -0.1) is 0 Å². The molecule has 0 aliphatic carbocycles. The molecular formula is C8H18N2O. The van der Waals surface area contributed by atoms with Gasteiger partial charge in [0.05, 0.1) is 0 Å². The van der Waals surface area contributed by atoms with Gasteiger partial charge in [-0.3, -0.25) is 4.79 Å². The number of carbonyl (C=O) groups is 1. The Kier molecular flexibility index (Phi) is 8.94. The molecule has 0 spiro atoms. The lowest BCUT2D eigenvalue weighted by molar-refractivity contribution is -0.109. The highest BCUT2D eigenvalue weighted by atomic mass is 16.1. The maximum Gasteiger partial charge on any atom is 0.207 e. The van der Waals surface area contributed by atoms with Crippen LogP contribution in [0.1, 0.15) is 32.1 Å². The molecule has 0 aliphatic heterocycles. The summed E-state index contributed by atoms with van der Waals surface area (Å²) >= 11 is 0. The van der Waals surface area contributed by atoms with Crippen LogP contribution in [0.5, 0.6) is 0 Å². The van der Waals surface area contributed by atoms with E-state index in [4.69, 9.17) is 5.73 Å². The molecule has 0 heterocycles. The predicted octanol–water partition coefficient (Wildman–Crippen LogP) is 0.642. The van der Waals surface area contributed by atoms with Gasteiger partial charge >= 0.3 is 0 Å². The Morgan fingerprint density at radius 2 is 1.73 bits per heavy atom. The third-order valence-electron chi connectivity index (χ3n) is 1.61. The highest BCUT2D eigenvalue weighted by Gasteiger charge is 1.88. The molecule has 1 amide bonds. The molecule has 0 unspecified atom stereocenters. The Balaban J connectivity index is 2.74. The van der Waals surface area contributed by atoms with Crippen molar-refractivity contribution in [3.8, 4) is 0 Å². The van der Waals surface area contributed by atoms with Crippen molar-refractivity contribution in [2.24, 2.45) is 5.73 Å². The topological polar surface area (TPSA) is 55.1 Å². The first-order valence-electron chi connectivity index (χ1n) is 4.29. The zero-order valence-electron chi connectivity index (χ0n) is 7.01. The minimum absolute atomic E-state index is 0.750. The van der Waals surface area contributed by atoms with Crippen LogP contribution in [-0.2, 0) is 4.79 Å². The molecular weight excluding hydrogens is 140 g/mol. The average molecular weight is 158 g/mol. The van der Waals surface area contributed by atoms with E-state index < -0.39 is 0 Å². The van der Waals surface area contributed by atoms with Crippen molar-refractivity contribution in [2.75, 3.05) is 13.1 Å². The van der Waals surface area contributed by atoms with Crippen molar-refractivity contribution >= 4 is 6.41 Å². The molecule has 0 fully saturated rings. The molecule has 3 heteroatoms. The second kappa shape index (κ2) is 9.43. The molecule has 3 nitrogen and oxygen atoms in total. The smallest absolute Gasteiger partial charge is 0.207 e. The van der Waals surface area contributed by atoms with Crippen molar-refractivity contribution in [1.29, 1.82) is 0 Å². The summed E-state index contributed by atoms with van der Waals surface area (Å²) < 4.78 is 0. The fraction of sp³-hybridized carbons (Fsp3) is 0.875. The van der Waals surface area contributed by atoms with E-state index in [1.165, 1.54) is 19.3 Å². The van der Waals surface area contributed by atoms with Gasteiger partial charge in [0.25, 0.3) is 0 Å². The maximum atomic E-state index is 9.81. The van der Waals surface area contributed by atoms with Gasteiger partial charge in [-0.25, -0.2) is 0 Å². The Hall–Kier alpha value is -0.570. The number of amides is 1. The van der Waals surface area contributed by atoms with Gasteiger partial charge < -0.3 is 11.1 Å². The van der Waals surface area contributed by atoms with E-state index in [-0.39, 0.29) is 0 Å². The molecule has 66 valence electrons. The second-order valence-electron chi connectivity index (χ2n) is 2.63. The first kappa shape index (κ1) is 10.4. The van der Waals surface area contributed by atoms with Crippen LogP contribution in [0, 0.1) is 0 Å². The van der Waals surface area contributed by atoms with Gasteiger partial charge in [0.2, 0.25) is 6.41 Å². The fourth-order valence-corrected chi connectivity index (χ4v) is 0.961. The SMILES string of the molecule is NCCCCCCCNC=O. The summed E-state index contributed by atoms with van der Waals surface area (Å²) in [6.07, 6.45) is 6.61.